The summed E-state index contributed by atoms with van der Waals surface area (Å²) < 4.78 is 5.32. The largest absolute Gasteiger partial charge is 0.495 e. The zero-order valence-corrected chi connectivity index (χ0v) is 15.0. The minimum atomic E-state index is -0.769. The lowest BCUT2D eigenvalue weighted by molar-refractivity contribution is -0.136. The molecule has 0 radical (unpaired) electrons. The van der Waals surface area contributed by atoms with Crippen molar-refractivity contribution in [2.24, 2.45) is 0 Å². The monoisotopic (exact) mass is 367 g/mol. The highest BCUT2D eigenvalue weighted by Gasteiger charge is 2.25. The van der Waals surface area contributed by atoms with Gasteiger partial charge in [-0.2, -0.15) is 0 Å². The van der Waals surface area contributed by atoms with Crippen molar-refractivity contribution in [2.75, 3.05) is 23.9 Å². The zero-order valence-electron chi connectivity index (χ0n) is 15.0. The molecule has 3 amide bonds. The van der Waals surface area contributed by atoms with E-state index in [1.807, 2.05) is 30.3 Å². The Morgan fingerprint density at radius 3 is 2.56 bits per heavy atom. The lowest BCUT2D eigenvalue weighted by atomic mass is 10.2. The number of benzene rings is 2. The summed E-state index contributed by atoms with van der Waals surface area (Å²) in [7, 11) is 1.52. The van der Waals surface area contributed by atoms with Gasteiger partial charge in [0.2, 0.25) is 5.91 Å². The van der Waals surface area contributed by atoms with Crippen molar-refractivity contribution in [3.63, 3.8) is 0 Å². The second-order valence-corrected chi connectivity index (χ2v) is 6.16. The minimum Gasteiger partial charge on any atom is -0.495 e. The van der Waals surface area contributed by atoms with Crippen LogP contribution in [0.3, 0.4) is 0 Å². The molecule has 1 saturated heterocycles. The Bertz CT molecular complexity index is 852. The summed E-state index contributed by atoms with van der Waals surface area (Å²) >= 11 is 0. The third-order valence-electron chi connectivity index (χ3n) is 4.30. The molecule has 1 aliphatic heterocycles. The Kier molecular flexibility index (Phi) is 5.71. The van der Waals surface area contributed by atoms with Crippen molar-refractivity contribution in [3.05, 3.63) is 54.1 Å². The molecule has 140 valence electrons. The molecule has 0 atom stereocenters. The van der Waals surface area contributed by atoms with E-state index in [0.29, 0.717) is 30.1 Å². The molecule has 2 N–H and O–H groups in total. The van der Waals surface area contributed by atoms with E-state index < -0.39 is 11.8 Å². The van der Waals surface area contributed by atoms with Gasteiger partial charge in [-0.1, -0.05) is 30.3 Å². The number of hydrogen-bond donors (Lipinski definition) is 2. The first-order valence-corrected chi connectivity index (χ1v) is 8.70. The SMILES string of the molecule is COc1ccc(NC(=O)C(=O)NCc2ccccc2)cc1N1CCCC1=O. The summed E-state index contributed by atoms with van der Waals surface area (Å²) in [6.45, 7) is 0.868. The number of nitrogens with zero attached hydrogens (tertiary/aromatic N) is 1. The second-order valence-electron chi connectivity index (χ2n) is 6.16. The maximum absolute atomic E-state index is 12.2. The van der Waals surface area contributed by atoms with Gasteiger partial charge in [0.1, 0.15) is 5.75 Å². The van der Waals surface area contributed by atoms with Gasteiger partial charge in [-0.15, -0.1) is 0 Å². The Labute approximate surface area is 157 Å². The van der Waals surface area contributed by atoms with Crippen LogP contribution in [0.2, 0.25) is 0 Å². The minimum absolute atomic E-state index is 0.0115. The average Bonchev–Trinajstić information content (AvgIpc) is 3.12. The molecular formula is C20H21N3O4. The Morgan fingerprint density at radius 2 is 1.89 bits per heavy atom. The molecule has 3 rings (SSSR count). The van der Waals surface area contributed by atoms with Crippen LogP contribution < -0.4 is 20.3 Å². The molecule has 0 aromatic heterocycles. The molecule has 0 spiro atoms. The van der Waals surface area contributed by atoms with Gasteiger partial charge in [0.05, 0.1) is 12.8 Å². The van der Waals surface area contributed by atoms with E-state index in [4.69, 9.17) is 4.74 Å². The molecule has 2 aromatic carbocycles. The van der Waals surface area contributed by atoms with Crippen LogP contribution in [0.15, 0.2) is 48.5 Å². The molecule has 0 unspecified atom stereocenters. The molecule has 0 bridgehead atoms. The number of nitrogens with one attached hydrogen (secondary N) is 2. The van der Waals surface area contributed by atoms with Crippen LogP contribution >= 0.6 is 0 Å². The third-order valence-corrected chi connectivity index (χ3v) is 4.30. The predicted octanol–water partition coefficient (Wildman–Crippen LogP) is 2.08. The number of carbonyl (C=O) groups excluding carboxylic acids is 3. The van der Waals surface area contributed by atoms with Crippen molar-refractivity contribution < 1.29 is 19.1 Å². The number of amides is 3. The fourth-order valence-corrected chi connectivity index (χ4v) is 2.93. The van der Waals surface area contributed by atoms with Crippen molar-refractivity contribution in [2.45, 2.75) is 19.4 Å². The van der Waals surface area contributed by atoms with E-state index in [1.54, 1.807) is 23.1 Å². The highest BCUT2D eigenvalue weighted by Crippen LogP contribution is 2.33. The molecule has 7 nitrogen and oxygen atoms in total. The lowest BCUT2D eigenvalue weighted by Crippen LogP contribution is -2.35. The van der Waals surface area contributed by atoms with E-state index in [-0.39, 0.29) is 12.5 Å². The predicted molar refractivity (Wildman–Crippen MR) is 101 cm³/mol. The van der Waals surface area contributed by atoms with Gasteiger partial charge in [0.15, 0.2) is 0 Å². The van der Waals surface area contributed by atoms with Gasteiger partial charge in [-0.25, -0.2) is 0 Å². The van der Waals surface area contributed by atoms with Crippen LogP contribution in [0, 0.1) is 0 Å². The molecule has 1 aliphatic rings. The van der Waals surface area contributed by atoms with Crippen molar-refractivity contribution in [3.8, 4) is 5.75 Å². The standard InChI is InChI=1S/C20H21N3O4/c1-27-17-10-9-15(12-16(17)23-11-5-8-18(23)24)22-20(26)19(25)21-13-14-6-3-2-4-7-14/h2-4,6-7,9-10,12H,5,8,11,13H2,1H3,(H,21,25)(H,22,26). The molecule has 1 fully saturated rings. The number of hydrogen-bond acceptors (Lipinski definition) is 4. The van der Waals surface area contributed by atoms with Crippen LogP contribution in [0.1, 0.15) is 18.4 Å². The fourth-order valence-electron chi connectivity index (χ4n) is 2.93. The van der Waals surface area contributed by atoms with Gasteiger partial charge in [-0.05, 0) is 30.2 Å². The summed E-state index contributed by atoms with van der Waals surface area (Å²) in [6.07, 6.45) is 1.27. The van der Waals surface area contributed by atoms with Crippen molar-refractivity contribution >= 4 is 29.1 Å². The van der Waals surface area contributed by atoms with Crippen LogP contribution in [0.5, 0.6) is 5.75 Å². The number of rotatable bonds is 5. The number of ether oxygens (including phenoxy) is 1. The third kappa shape index (κ3) is 4.44. The topological polar surface area (TPSA) is 87.7 Å². The van der Waals surface area contributed by atoms with Gasteiger partial charge < -0.3 is 20.3 Å². The molecule has 1 heterocycles. The summed E-state index contributed by atoms with van der Waals surface area (Å²) in [5.74, 6) is -0.947. The normalized spacial score (nSPS) is 13.4. The Balaban J connectivity index is 1.66. The second kappa shape index (κ2) is 8.35. The van der Waals surface area contributed by atoms with E-state index in [1.165, 1.54) is 7.11 Å². The first-order valence-electron chi connectivity index (χ1n) is 8.70. The first kappa shape index (κ1) is 18.4. The van der Waals surface area contributed by atoms with Crippen LogP contribution in [-0.4, -0.2) is 31.4 Å². The molecule has 0 aliphatic carbocycles. The molecule has 2 aromatic rings. The lowest BCUT2D eigenvalue weighted by Gasteiger charge is -2.20. The maximum Gasteiger partial charge on any atom is 0.313 e. The summed E-state index contributed by atoms with van der Waals surface area (Å²) in [4.78, 5) is 37.8. The van der Waals surface area contributed by atoms with Gasteiger partial charge in [0.25, 0.3) is 0 Å². The summed E-state index contributed by atoms with van der Waals surface area (Å²) in [5.41, 5.74) is 1.91. The fraction of sp³-hybridized carbons (Fsp3) is 0.250. The van der Waals surface area contributed by atoms with Crippen molar-refractivity contribution in [1.29, 1.82) is 0 Å². The van der Waals surface area contributed by atoms with E-state index >= 15 is 0 Å². The van der Waals surface area contributed by atoms with Crippen LogP contribution in [-0.2, 0) is 20.9 Å². The number of anilines is 2. The van der Waals surface area contributed by atoms with E-state index in [2.05, 4.69) is 10.6 Å². The molecular weight excluding hydrogens is 346 g/mol. The smallest absolute Gasteiger partial charge is 0.313 e. The van der Waals surface area contributed by atoms with E-state index in [0.717, 1.165) is 12.0 Å². The van der Waals surface area contributed by atoms with Crippen LogP contribution in [0.25, 0.3) is 0 Å². The first-order chi connectivity index (χ1) is 13.1. The van der Waals surface area contributed by atoms with E-state index in [9.17, 15) is 14.4 Å². The van der Waals surface area contributed by atoms with Gasteiger partial charge in [0, 0.05) is 25.2 Å². The molecule has 0 saturated carbocycles. The Morgan fingerprint density at radius 1 is 1.11 bits per heavy atom. The summed E-state index contributed by atoms with van der Waals surface area (Å²) in [6, 6.07) is 14.3. The molecule has 7 heteroatoms. The number of methoxy groups -OCH3 is 1. The highest BCUT2D eigenvalue weighted by atomic mass is 16.5. The molecule has 27 heavy (non-hydrogen) atoms. The number of carbonyl (C=O) groups is 3. The van der Waals surface area contributed by atoms with Crippen molar-refractivity contribution in [1.82, 2.24) is 5.32 Å². The Hall–Kier alpha value is -3.35. The average molecular weight is 367 g/mol. The van der Waals surface area contributed by atoms with Crippen LogP contribution in [0.4, 0.5) is 11.4 Å². The highest BCUT2D eigenvalue weighted by molar-refractivity contribution is 6.39. The summed E-state index contributed by atoms with van der Waals surface area (Å²) in [5, 5.41) is 5.14. The maximum atomic E-state index is 12.2. The zero-order chi connectivity index (χ0) is 19.2. The van der Waals surface area contributed by atoms with Gasteiger partial charge >= 0.3 is 11.8 Å². The quantitative estimate of drug-likeness (QED) is 0.792. The van der Waals surface area contributed by atoms with Gasteiger partial charge in [-0.3, -0.25) is 14.4 Å².